The van der Waals surface area contributed by atoms with E-state index >= 15 is 0 Å². The minimum absolute atomic E-state index is 0.0889. The normalized spacial score (nSPS) is 14.2. The predicted molar refractivity (Wildman–Crippen MR) is 103 cm³/mol. The molecule has 144 valence electrons. The topological polar surface area (TPSA) is 74.5 Å². The van der Waals surface area contributed by atoms with Crippen LogP contribution in [-0.2, 0) is 6.54 Å². The van der Waals surface area contributed by atoms with Gasteiger partial charge in [0, 0.05) is 38.9 Å². The highest BCUT2D eigenvalue weighted by Crippen LogP contribution is 2.17. The molecular formula is C20H20FN5O2. The number of aromatic nitrogens is 2. The van der Waals surface area contributed by atoms with Gasteiger partial charge in [-0.05, 0) is 35.9 Å². The third-order valence-corrected chi connectivity index (χ3v) is 4.63. The lowest BCUT2D eigenvalue weighted by Gasteiger charge is -2.35. The zero-order valence-corrected chi connectivity index (χ0v) is 15.2. The first-order valence-corrected chi connectivity index (χ1v) is 9.08. The van der Waals surface area contributed by atoms with Crippen molar-refractivity contribution in [3.05, 3.63) is 72.1 Å². The van der Waals surface area contributed by atoms with Crippen LogP contribution >= 0.6 is 0 Å². The maximum absolute atomic E-state index is 13.0. The average Bonchev–Trinajstić information content (AvgIpc) is 3.28. The minimum atomic E-state index is -0.258. The monoisotopic (exact) mass is 381 g/mol. The van der Waals surface area contributed by atoms with Crippen molar-refractivity contribution in [3.63, 3.8) is 0 Å². The number of benzene rings is 1. The summed E-state index contributed by atoms with van der Waals surface area (Å²) in [5, 5.41) is 3.16. The van der Waals surface area contributed by atoms with Gasteiger partial charge in [0.2, 0.25) is 5.95 Å². The molecule has 3 heterocycles. The fraction of sp³-hybridized carbons (Fsp3) is 0.250. The van der Waals surface area contributed by atoms with E-state index in [1.807, 2.05) is 6.07 Å². The molecular weight excluding hydrogens is 361 g/mol. The lowest BCUT2D eigenvalue weighted by molar-refractivity contribution is 0.0714. The van der Waals surface area contributed by atoms with E-state index in [1.165, 1.54) is 18.4 Å². The van der Waals surface area contributed by atoms with Gasteiger partial charge >= 0.3 is 0 Å². The number of piperazine rings is 1. The molecule has 0 atom stereocenters. The summed E-state index contributed by atoms with van der Waals surface area (Å²) in [7, 11) is 0. The summed E-state index contributed by atoms with van der Waals surface area (Å²) < 4.78 is 18.2. The first-order chi connectivity index (χ1) is 13.7. The summed E-state index contributed by atoms with van der Waals surface area (Å²) in [6.45, 7) is 3.07. The SMILES string of the molecule is O=C(c1ccco1)N1CCN(c2ccnc(NCc3ccc(F)cc3)n2)CC1. The van der Waals surface area contributed by atoms with Crippen molar-refractivity contribution in [3.8, 4) is 0 Å². The van der Waals surface area contributed by atoms with Crippen LogP contribution in [0, 0.1) is 5.82 Å². The third-order valence-electron chi connectivity index (χ3n) is 4.63. The molecule has 1 saturated heterocycles. The summed E-state index contributed by atoms with van der Waals surface area (Å²) in [4.78, 5) is 25.1. The second kappa shape index (κ2) is 8.08. The van der Waals surface area contributed by atoms with Crippen LogP contribution < -0.4 is 10.2 Å². The highest BCUT2D eigenvalue weighted by molar-refractivity contribution is 5.91. The maximum Gasteiger partial charge on any atom is 0.289 e. The van der Waals surface area contributed by atoms with Crippen LogP contribution in [0.5, 0.6) is 0 Å². The molecule has 0 spiro atoms. The van der Waals surface area contributed by atoms with Crippen LogP contribution in [0.25, 0.3) is 0 Å². The van der Waals surface area contributed by atoms with Gasteiger partial charge in [-0.3, -0.25) is 4.79 Å². The molecule has 1 N–H and O–H groups in total. The van der Waals surface area contributed by atoms with Crippen LogP contribution in [0.15, 0.2) is 59.3 Å². The second-order valence-corrected chi connectivity index (χ2v) is 6.48. The number of nitrogens with one attached hydrogen (secondary N) is 1. The Balaban J connectivity index is 1.34. The quantitative estimate of drug-likeness (QED) is 0.733. The lowest BCUT2D eigenvalue weighted by Crippen LogP contribution is -2.49. The smallest absolute Gasteiger partial charge is 0.289 e. The van der Waals surface area contributed by atoms with E-state index in [0.29, 0.717) is 44.4 Å². The summed E-state index contributed by atoms with van der Waals surface area (Å²) in [5.74, 6) is 1.33. The summed E-state index contributed by atoms with van der Waals surface area (Å²) >= 11 is 0. The Morgan fingerprint density at radius 2 is 1.89 bits per heavy atom. The van der Waals surface area contributed by atoms with Gasteiger partial charge in [0.1, 0.15) is 11.6 Å². The Hall–Kier alpha value is -3.42. The van der Waals surface area contributed by atoms with Gasteiger partial charge in [-0.15, -0.1) is 0 Å². The Morgan fingerprint density at radius 3 is 2.61 bits per heavy atom. The van der Waals surface area contributed by atoms with Crippen molar-refractivity contribution in [1.82, 2.24) is 14.9 Å². The van der Waals surface area contributed by atoms with E-state index in [-0.39, 0.29) is 11.7 Å². The van der Waals surface area contributed by atoms with Gasteiger partial charge < -0.3 is 19.5 Å². The number of hydrogen-bond donors (Lipinski definition) is 1. The Kier molecular flexibility index (Phi) is 5.18. The van der Waals surface area contributed by atoms with Gasteiger partial charge in [-0.1, -0.05) is 12.1 Å². The van der Waals surface area contributed by atoms with Crippen molar-refractivity contribution in [2.45, 2.75) is 6.54 Å². The molecule has 0 unspecified atom stereocenters. The molecule has 0 bridgehead atoms. The minimum Gasteiger partial charge on any atom is -0.459 e. The molecule has 8 heteroatoms. The Morgan fingerprint density at radius 1 is 1.11 bits per heavy atom. The van der Waals surface area contributed by atoms with Crippen molar-refractivity contribution >= 4 is 17.7 Å². The van der Waals surface area contributed by atoms with Crippen molar-refractivity contribution in [2.24, 2.45) is 0 Å². The fourth-order valence-electron chi connectivity index (χ4n) is 3.09. The van der Waals surface area contributed by atoms with E-state index in [1.54, 1.807) is 35.4 Å². The molecule has 2 aromatic heterocycles. The van der Waals surface area contributed by atoms with E-state index in [9.17, 15) is 9.18 Å². The van der Waals surface area contributed by atoms with Crippen molar-refractivity contribution < 1.29 is 13.6 Å². The molecule has 1 aliphatic rings. The first-order valence-electron chi connectivity index (χ1n) is 9.08. The molecule has 0 aliphatic carbocycles. The molecule has 1 aromatic carbocycles. The number of carbonyl (C=O) groups is 1. The molecule has 1 fully saturated rings. The summed E-state index contributed by atoms with van der Waals surface area (Å²) in [6.07, 6.45) is 3.21. The van der Waals surface area contributed by atoms with Crippen molar-refractivity contribution in [2.75, 3.05) is 36.4 Å². The number of amides is 1. The zero-order valence-electron chi connectivity index (χ0n) is 15.2. The molecule has 28 heavy (non-hydrogen) atoms. The number of furan rings is 1. The molecule has 3 aromatic rings. The van der Waals surface area contributed by atoms with E-state index in [2.05, 4.69) is 20.2 Å². The van der Waals surface area contributed by atoms with Gasteiger partial charge in [-0.2, -0.15) is 4.98 Å². The van der Waals surface area contributed by atoms with Crippen LogP contribution in [0.1, 0.15) is 16.1 Å². The fourth-order valence-corrected chi connectivity index (χ4v) is 3.09. The number of nitrogens with zero attached hydrogens (tertiary/aromatic N) is 4. The maximum atomic E-state index is 13.0. The lowest BCUT2D eigenvalue weighted by atomic mass is 10.2. The highest BCUT2D eigenvalue weighted by Gasteiger charge is 2.24. The van der Waals surface area contributed by atoms with Crippen LogP contribution in [0.2, 0.25) is 0 Å². The molecule has 1 aliphatic heterocycles. The van der Waals surface area contributed by atoms with E-state index < -0.39 is 0 Å². The molecule has 7 nitrogen and oxygen atoms in total. The van der Waals surface area contributed by atoms with Crippen LogP contribution in [-0.4, -0.2) is 47.0 Å². The highest BCUT2D eigenvalue weighted by atomic mass is 19.1. The molecule has 4 rings (SSSR count). The standard InChI is InChI=1S/C20H20FN5O2/c21-16-5-3-15(4-6-16)14-23-20-22-8-7-18(24-20)25-9-11-26(12-10-25)19(27)17-2-1-13-28-17/h1-8,13H,9-12,14H2,(H,22,23,24). The molecule has 0 radical (unpaired) electrons. The number of rotatable bonds is 5. The number of carbonyl (C=O) groups excluding carboxylic acids is 1. The summed E-state index contributed by atoms with van der Waals surface area (Å²) in [6, 6.07) is 11.6. The first kappa shape index (κ1) is 18.0. The van der Waals surface area contributed by atoms with E-state index in [0.717, 1.165) is 11.4 Å². The van der Waals surface area contributed by atoms with Crippen LogP contribution in [0.4, 0.5) is 16.2 Å². The molecule has 0 saturated carbocycles. The van der Waals surface area contributed by atoms with Gasteiger partial charge in [0.05, 0.1) is 6.26 Å². The second-order valence-electron chi connectivity index (χ2n) is 6.48. The van der Waals surface area contributed by atoms with Gasteiger partial charge in [0.25, 0.3) is 5.91 Å². The van der Waals surface area contributed by atoms with Crippen molar-refractivity contribution in [1.29, 1.82) is 0 Å². The number of anilines is 2. The van der Waals surface area contributed by atoms with E-state index in [4.69, 9.17) is 4.42 Å². The average molecular weight is 381 g/mol. The number of hydrogen-bond acceptors (Lipinski definition) is 6. The number of halogens is 1. The van der Waals surface area contributed by atoms with Crippen LogP contribution in [0.3, 0.4) is 0 Å². The molecule has 1 amide bonds. The predicted octanol–water partition coefficient (Wildman–Crippen LogP) is 2.78. The zero-order chi connectivity index (χ0) is 19.3. The largest absolute Gasteiger partial charge is 0.459 e. The van der Waals surface area contributed by atoms with Gasteiger partial charge in [0.15, 0.2) is 5.76 Å². The summed E-state index contributed by atoms with van der Waals surface area (Å²) in [5.41, 5.74) is 0.945. The van der Waals surface area contributed by atoms with Gasteiger partial charge in [-0.25, -0.2) is 9.37 Å². The Labute approximate surface area is 161 Å². The Bertz CT molecular complexity index is 922. The third kappa shape index (κ3) is 4.11.